The van der Waals surface area contributed by atoms with Gasteiger partial charge in [0.2, 0.25) is 0 Å². The fraction of sp³-hybridized carbons (Fsp3) is 0.440. The van der Waals surface area contributed by atoms with Crippen LogP contribution in [0.4, 0.5) is 0 Å². The Morgan fingerprint density at radius 3 is 2.48 bits per heavy atom. The van der Waals surface area contributed by atoms with Crippen molar-refractivity contribution in [3.05, 3.63) is 130 Å². The number of fused-ring (bicyclic) bond motifs is 1. The molecule has 6 heteroatoms. The fourth-order valence-corrected chi connectivity index (χ4v) is 11.4. The standard InChI is InChI=1S/C50H55NO5/c1-3-5-19-42-40-23-22-39-38-24-25-50(46(39)45(40)48(53)55-42)43(28-31(4-2)26-32-13-8-6-9-14-32)56-49(54)47(50)44(38)41-29-36(52)20-21-37(41)34-16-12-15-33(27-34)30-51-35-17-10-7-11-18-35/h6,8-9,12-16,19-21,27-29,31,35,38-39,46,51-52H,3-5,7,10-11,17-18,22-26,30H2,1-2H3. The third-order valence-corrected chi connectivity index (χ3v) is 13.9. The Hall–Kier alpha value is -4.68. The number of hydrogen-bond acceptors (Lipinski definition) is 6. The zero-order valence-electron chi connectivity index (χ0n) is 32.9. The highest BCUT2D eigenvalue weighted by molar-refractivity contribution is 6.07. The van der Waals surface area contributed by atoms with Gasteiger partial charge >= 0.3 is 11.9 Å². The van der Waals surface area contributed by atoms with E-state index in [1.54, 1.807) is 6.07 Å². The molecular weight excluding hydrogens is 695 g/mol. The van der Waals surface area contributed by atoms with E-state index in [0.717, 1.165) is 91.3 Å². The number of benzene rings is 3. The van der Waals surface area contributed by atoms with Gasteiger partial charge in [0, 0.05) is 29.7 Å². The number of aromatic hydroxyl groups is 1. The van der Waals surface area contributed by atoms with Gasteiger partial charge in [-0.15, -0.1) is 0 Å². The zero-order chi connectivity index (χ0) is 38.4. The molecule has 3 fully saturated rings. The largest absolute Gasteiger partial charge is 0.508 e. The molecule has 1 spiro atoms. The predicted molar refractivity (Wildman–Crippen MR) is 220 cm³/mol. The third-order valence-electron chi connectivity index (χ3n) is 13.9. The van der Waals surface area contributed by atoms with Gasteiger partial charge < -0.3 is 19.9 Å². The number of unbranched alkanes of at least 4 members (excludes halogenated alkanes) is 1. The van der Waals surface area contributed by atoms with Crippen LogP contribution in [0, 0.1) is 29.1 Å². The molecule has 2 bridgehead atoms. The number of ether oxygens (including phenoxy) is 2. The summed E-state index contributed by atoms with van der Waals surface area (Å²) in [7, 11) is 0. The van der Waals surface area contributed by atoms with Crippen LogP contribution in [0.5, 0.6) is 5.75 Å². The van der Waals surface area contributed by atoms with Crippen molar-refractivity contribution >= 4 is 17.5 Å². The number of nitrogens with one attached hydrogen (secondary N) is 1. The lowest BCUT2D eigenvalue weighted by atomic mass is 9.44. The van der Waals surface area contributed by atoms with E-state index in [4.69, 9.17) is 9.47 Å². The molecule has 3 aromatic rings. The number of carbonyl (C=O) groups excluding carboxylic acids is 2. The Bertz CT molecular complexity index is 2150. The monoisotopic (exact) mass is 749 g/mol. The quantitative estimate of drug-likeness (QED) is 0.190. The Kier molecular flexibility index (Phi) is 10.1. The average Bonchev–Trinajstić information content (AvgIpc) is 3.71. The van der Waals surface area contributed by atoms with Gasteiger partial charge in [0.15, 0.2) is 0 Å². The molecule has 10 rings (SSSR count). The second kappa shape index (κ2) is 15.3. The summed E-state index contributed by atoms with van der Waals surface area (Å²) in [5, 5.41) is 15.0. The summed E-state index contributed by atoms with van der Waals surface area (Å²) in [5.41, 5.74) is 8.11. The predicted octanol–water partition coefficient (Wildman–Crippen LogP) is 10.9. The average molecular weight is 750 g/mol. The van der Waals surface area contributed by atoms with E-state index in [0.29, 0.717) is 23.1 Å². The molecule has 2 aliphatic heterocycles. The molecule has 0 amide bonds. The highest BCUT2D eigenvalue weighted by Gasteiger charge is 2.68. The SMILES string of the molecule is CCCC=C1OC(=O)C2=C1CCC1C3CCC4(C(=CC(CC)Cc5ccccc5)OC(=O)C4=C3c3cc(O)ccc3-c3cccc(CNC4CCCCC4)c3)C21. The van der Waals surface area contributed by atoms with E-state index in [1.807, 2.05) is 18.2 Å². The number of carbonyl (C=O) groups is 2. The first-order valence-corrected chi connectivity index (χ1v) is 21.4. The highest BCUT2D eigenvalue weighted by Crippen LogP contribution is 2.72. The van der Waals surface area contributed by atoms with Gasteiger partial charge in [-0.3, -0.25) is 0 Å². The van der Waals surface area contributed by atoms with Crippen LogP contribution in [0.25, 0.3) is 16.7 Å². The molecule has 6 nitrogen and oxygen atoms in total. The number of phenolic OH excluding ortho intramolecular Hbond substituents is 1. The lowest BCUT2D eigenvalue weighted by Crippen LogP contribution is -2.52. The van der Waals surface area contributed by atoms with E-state index < -0.39 is 5.41 Å². The van der Waals surface area contributed by atoms with Crippen molar-refractivity contribution in [1.82, 2.24) is 5.32 Å². The molecule has 5 atom stereocenters. The molecule has 5 aliphatic carbocycles. The van der Waals surface area contributed by atoms with Crippen molar-refractivity contribution in [2.45, 2.75) is 110 Å². The second-order valence-electron chi connectivity index (χ2n) is 17.1. The summed E-state index contributed by atoms with van der Waals surface area (Å²) in [5.74, 6) is 1.09. The van der Waals surface area contributed by atoms with Gasteiger partial charge in [-0.25, -0.2) is 9.59 Å². The van der Waals surface area contributed by atoms with E-state index >= 15 is 0 Å². The van der Waals surface area contributed by atoms with Crippen molar-refractivity contribution in [3.8, 4) is 16.9 Å². The summed E-state index contributed by atoms with van der Waals surface area (Å²) in [4.78, 5) is 28.9. The van der Waals surface area contributed by atoms with Gasteiger partial charge in [-0.2, -0.15) is 0 Å². The molecule has 2 N–H and O–H groups in total. The molecule has 3 aromatic carbocycles. The summed E-state index contributed by atoms with van der Waals surface area (Å²) < 4.78 is 12.6. The molecule has 290 valence electrons. The number of allylic oxidation sites excluding steroid dienone is 5. The Balaban J connectivity index is 1.20. The molecular formula is C50H55NO5. The summed E-state index contributed by atoms with van der Waals surface area (Å²) >= 11 is 0. The van der Waals surface area contributed by atoms with Crippen LogP contribution < -0.4 is 5.32 Å². The first-order chi connectivity index (χ1) is 27.4. The Labute approximate surface area is 331 Å². The number of cyclic esters (lactones) is 2. The van der Waals surface area contributed by atoms with Gasteiger partial charge in [0.25, 0.3) is 0 Å². The lowest BCUT2D eigenvalue weighted by Gasteiger charge is -2.56. The maximum atomic E-state index is 14.8. The number of phenols is 1. The first-order valence-electron chi connectivity index (χ1n) is 21.4. The highest BCUT2D eigenvalue weighted by atomic mass is 16.5. The fourth-order valence-electron chi connectivity index (χ4n) is 11.4. The first kappa shape index (κ1) is 36.9. The van der Waals surface area contributed by atoms with E-state index in [1.165, 1.54) is 43.2 Å². The van der Waals surface area contributed by atoms with Crippen molar-refractivity contribution in [1.29, 1.82) is 0 Å². The van der Waals surface area contributed by atoms with Crippen molar-refractivity contribution in [3.63, 3.8) is 0 Å². The molecule has 7 aliphatic rings. The Morgan fingerprint density at radius 2 is 1.68 bits per heavy atom. The molecule has 0 aromatic heterocycles. The third kappa shape index (κ3) is 6.38. The maximum Gasteiger partial charge on any atom is 0.340 e. The van der Waals surface area contributed by atoms with Gasteiger partial charge in [-0.05, 0) is 139 Å². The van der Waals surface area contributed by atoms with Crippen LogP contribution in [0.1, 0.15) is 108 Å². The van der Waals surface area contributed by atoms with E-state index in [-0.39, 0.29) is 41.4 Å². The van der Waals surface area contributed by atoms with Crippen molar-refractivity contribution in [2.24, 2.45) is 29.1 Å². The normalized spacial score (nSPS) is 27.7. The number of rotatable bonds is 11. The Morgan fingerprint density at radius 1 is 0.857 bits per heavy atom. The summed E-state index contributed by atoms with van der Waals surface area (Å²) in [6.45, 7) is 5.13. The van der Waals surface area contributed by atoms with Crippen molar-refractivity contribution in [2.75, 3.05) is 0 Å². The van der Waals surface area contributed by atoms with Crippen LogP contribution in [0.3, 0.4) is 0 Å². The van der Waals surface area contributed by atoms with E-state index in [2.05, 4.69) is 79.8 Å². The molecule has 0 radical (unpaired) electrons. The minimum Gasteiger partial charge on any atom is -0.508 e. The van der Waals surface area contributed by atoms with Crippen LogP contribution in [0.15, 0.2) is 113 Å². The molecule has 5 unspecified atom stereocenters. The van der Waals surface area contributed by atoms with Crippen LogP contribution in [-0.2, 0) is 32.0 Å². The van der Waals surface area contributed by atoms with Crippen LogP contribution >= 0.6 is 0 Å². The minimum absolute atomic E-state index is 0.0253. The minimum atomic E-state index is -0.801. The smallest absolute Gasteiger partial charge is 0.340 e. The van der Waals surface area contributed by atoms with Gasteiger partial charge in [0.05, 0.1) is 11.0 Å². The van der Waals surface area contributed by atoms with Crippen molar-refractivity contribution < 1.29 is 24.2 Å². The van der Waals surface area contributed by atoms with Crippen LogP contribution in [-0.4, -0.2) is 23.1 Å². The second-order valence-corrected chi connectivity index (χ2v) is 17.1. The molecule has 1 saturated heterocycles. The summed E-state index contributed by atoms with van der Waals surface area (Å²) in [6.07, 6.45) is 17.5. The molecule has 2 heterocycles. The number of esters is 2. The number of hydrogen-bond donors (Lipinski definition) is 2. The lowest BCUT2D eigenvalue weighted by molar-refractivity contribution is -0.135. The van der Waals surface area contributed by atoms with E-state index in [9.17, 15) is 14.7 Å². The van der Waals surface area contributed by atoms with Crippen LogP contribution in [0.2, 0.25) is 0 Å². The molecule has 2 saturated carbocycles. The molecule has 56 heavy (non-hydrogen) atoms. The van der Waals surface area contributed by atoms with Gasteiger partial charge in [-0.1, -0.05) is 94.1 Å². The van der Waals surface area contributed by atoms with Gasteiger partial charge in [0.1, 0.15) is 17.3 Å². The maximum absolute atomic E-state index is 14.8. The summed E-state index contributed by atoms with van der Waals surface area (Å²) in [6, 6.07) is 25.4. The topological polar surface area (TPSA) is 84.9 Å². The zero-order valence-corrected chi connectivity index (χ0v) is 32.9.